The molecule has 1 amide bonds. The van der Waals surface area contributed by atoms with Gasteiger partial charge in [-0.05, 0) is 29.3 Å². The molecule has 3 rings (SSSR count). The van der Waals surface area contributed by atoms with E-state index in [1.807, 2.05) is 54.6 Å². The van der Waals surface area contributed by atoms with E-state index in [9.17, 15) is 19.8 Å². The number of methoxy groups -OCH3 is 1. The lowest BCUT2D eigenvalue weighted by atomic mass is 10.1. The maximum atomic E-state index is 13.0. The summed E-state index contributed by atoms with van der Waals surface area (Å²) >= 11 is 0. The molecular weight excluding hydrogens is 396 g/mol. The standard InChI is InChI=1S/C24H24N2O5/c1-31-20-12-10-18(11-13-20)16-26(22(27)14-17-6-3-2-4-7-17)25-15-19-8-5-9-21(23(19)28)24(29)30/h2-13,25,28H,14-16H2,1H3,(H,29,30). The number of para-hydroxylation sites is 1. The van der Waals surface area contributed by atoms with E-state index < -0.39 is 5.97 Å². The highest BCUT2D eigenvalue weighted by molar-refractivity contribution is 5.91. The third-order valence-electron chi connectivity index (χ3n) is 4.81. The zero-order chi connectivity index (χ0) is 22.2. The van der Waals surface area contributed by atoms with Gasteiger partial charge < -0.3 is 14.9 Å². The van der Waals surface area contributed by atoms with E-state index in [2.05, 4.69) is 5.43 Å². The first kappa shape index (κ1) is 21.9. The van der Waals surface area contributed by atoms with Crippen LogP contribution in [-0.2, 0) is 24.3 Å². The summed E-state index contributed by atoms with van der Waals surface area (Å²) in [6.07, 6.45) is 0.200. The number of phenols is 1. The predicted molar refractivity (Wildman–Crippen MR) is 116 cm³/mol. The number of hydrogen-bond donors (Lipinski definition) is 3. The van der Waals surface area contributed by atoms with Crippen LogP contribution in [-0.4, -0.2) is 34.2 Å². The number of aromatic hydroxyl groups is 1. The van der Waals surface area contributed by atoms with Crippen molar-refractivity contribution in [3.8, 4) is 11.5 Å². The van der Waals surface area contributed by atoms with Crippen LogP contribution < -0.4 is 10.2 Å². The van der Waals surface area contributed by atoms with E-state index in [0.29, 0.717) is 11.3 Å². The summed E-state index contributed by atoms with van der Waals surface area (Å²) in [5.41, 5.74) is 5.00. The van der Waals surface area contributed by atoms with Crippen molar-refractivity contribution in [2.24, 2.45) is 0 Å². The van der Waals surface area contributed by atoms with Crippen molar-refractivity contribution in [2.75, 3.05) is 7.11 Å². The lowest BCUT2D eigenvalue weighted by Gasteiger charge is -2.24. The van der Waals surface area contributed by atoms with Crippen LogP contribution in [0.4, 0.5) is 0 Å². The maximum Gasteiger partial charge on any atom is 0.339 e. The highest BCUT2D eigenvalue weighted by Crippen LogP contribution is 2.22. The fraction of sp³-hybridized carbons (Fsp3) is 0.167. The molecule has 3 aromatic rings. The Labute approximate surface area is 180 Å². The molecule has 31 heavy (non-hydrogen) atoms. The van der Waals surface area contributed by atoms with Crippen LogP contribution in [0.5, 0.6) is 11.5 Å². The Hall–Kier alpha value is -3.84. The smallest absolute Gasteiger partial charge is 0.339 e. The Morgan fingerprint density at radius 2 is 1.65 bits per heavy atom. The number of nitrogens with zero attached hydrogens (tertiary/aromatic N) is 1. The van der Waals surface area contributed by atoms with Crippen molar-refractivity contribution in [1.29, 1.82) is 0 Å². The van der Waals surface area contributed by atoms with Gasteiger partial charge in [0.2, 0.25) is 5.91 Å². The number of hydrazine groups is 1. The first-order valence-corrected chi connectivity index (χ1v) is 9.73. The van der Waals surface area contributed by atoms with Gasteiger partial charge in [-0.3, -0.25) is 9.80 Å². The fourth-order valence-electron chi connectivity index (χ4n) is 3.10. The molecule has 0 fully saturated rings. The number of benzene rings is 3. The number of hydrogen-bond acceptors (Lipinski definition) is 5. The molecule has 3 N–H and O–H groups in total. The topological polar surface area (TPSA) is 99.1 Å². The molecular formula is C24H24N2O5. The lowest BCUT2D eigenvalue weighted by molar-refractivity contribution is -0.134. The SMILES string of the molecule is COc1ccc(CN(NCc2cccc(C(=O)O)c2O)C(=O)Cc2ccccc2)cc1. The van der Waals surface area contributed by atoms with Crippen LogP contribution in [0.1, 0.15) is 27.0 Å². The summed E-state index contributed by atoms with van der Waals surface area (Å²) < 4.78 is 5.18. The van der Waals surface area contributed by atoms with Gasteiger partial charge in [0.15, 0.2) is 0 Å². The average Bonchev–Trinajstić information content (AvgIpc) is 2.78. The molecule has 0 saturated heterocycles. The van der Waals surface area contributed by atoms with Crippen LogP contribution in [0.3, 0.4) is 0 Å². The van der Waals surface area contributed by atoms with Gasteiger partial charge in [0.05, 0.1) is 20.1 Å². The van der Waals surface area contributed by atoms with E-state index in [0.717, 1.165) is 11.1 Å². The molecule has 0 aliphatic rings. The van der Waals surface area contributed by atoms with Gasteiger partial charge >= 0.3 is 5.97 Å². The summed E-state index contributed by atoms with van der Waals surface area (Å²) in [5, 5.41) is 20.9. The summed E-state index contributed by atoms with van der Waals surface area (Å²) in [7, 11) is 1.59. The number of nitrogens with one attached hydrogen (secondary N) is 1. The second-order valence-corrected chi connectivity index (χ2v) is 6.94. The average molecular weight is 420 g/mol. The Kier molecular flexibility index (Phi) is 7.24. The minimum atomic E-state index is -1.21. The normalized spacial score (nSPS) is 10.5. The van der Waals surface area contributed by atoms with Gasteiger partial charge in [0.25, 0.3) is 0 Å². The molecule has 0 atom stereocenters. The molecule has 0 radical (unpaired) electrons. The third-order valence-corrected chi connectivity index (χ3v) is 4.81. The molecule has 0 aliphatic heterocycles. The molecule has 7 heteroatoms. The molecule has 3 aromatic carbocycles. The van der Waals surface area contributed by atoms with Gasteiger partial charge in [-0.15, -0.1) is 0 Å². The third kappa shape index (κ3) is 5.83. The zero-order valence-corrected chi connectivity index (χ0v) is 17.1. The van der Waals surface area contributed by atoms with Crippen LogP contribution in [0.2, 0.25) is 0 Å². The van der Waals surface area contributed by atoms with Gasteiger partial charge in [-0.1, -0.05) is 54.6 Å². The number of aromatic carboxylic acids is 1. The first-order valence-electron chi connectivity index (χ1n) is 9.73. The Morgan fingerprint density at radius 3 is 2.29 bits per heavy atom. The summed E-state index contributed by atoms with van der Waals surface area (Å²) in [4.78, 5) is 24.3. The number of carboxylic acid groups (broad SMARTS) is 1. The molecule has 0 saturated carbocycles. The number of carbonyl (C=O) groups is 2. The highest BCUT2D eigenvalue weighted by atomic mass is 16.5. The van der Waals surface area contributed by atoms with Crippen molar-refractivity contribution in [2.45, 2.75) is 19.5 Å². The molecule has 0 bridgehead atoms. The summed E-state index contributed by atoms with van der Waals surface area (Å²) in [6.45, 7) is 0.374. The minimum absolute atomic E-state index is 0.0869. The fourth-order valence-corrected chi connectivity index (χ4v) is 3.10. The number of carbonyl (C=O) groups excluding carboxylic acids is 1. The van der Waals surface area contributed by atoms with Crippen molar-refractivity contribution in [3.05, 3.63) is 95.1 Å². The minimum Gasteiger partial charge on any atom is -0.507 e. The highest BCUT2D eigenvalue weighted by Gasteiger charge is 2.17. The quantitative estimate of drug-likeness (QED) is 0.459. The van der Waals surface area contributed by atoms with Crippen LogP contribution in [0.25, 0.3) is 0 Å². The monoisotopic (exact) mass is 420 g/mol. The molecule has 0 heterocycles. The zero-order valence-electron chi connectivity index (χ0n) is 17.1. The summed E-state index contributed by atoms with van der Waals surface area (Å²) in [6, 6.07) is 21.3. The van der Waals surface area contributed by atoms with E-state index in [1.165, 1.54) is 11.1 Å². The van der Waals surface area contributed by atoms with E-state index >= 15 is 0 Å². The van der Waals surface area contributed by atoms with Gasteiger partial charge in [0, 0.05) is 12.1 Å². The number of amides is 1. The largest absolute Gasteiger partial charge is 0.507 e. The van der Waals surface area contributed by atoms with Gasteiger partial charge in [-0.25, -0.2) is 10.2 Å². The Bertz CT molecular complexity index is 1040. The molecule has 0 spiro atoms. The Balaban J connectivity index is 1.78. The lowest BCUT2D eigenvalue weighted by Crippen LogP contribution is -2.42. The summed E-state index contributed by atoms with van der Waals surface area (Å²) in [5.74, 6) is -0.970. The molecule has 160 valence electrons. The van der Waals surface area contributed by atoms with Gasteiger partial charge in [-0.2, -0.15) is 0 Å². The van der Waals surface area contributed by atoms with Crippen LogP contribution >= 0.6 is 0 Å². The predicted octanol–water partition coefficient (Wildman–Crippen LogP) is 3.38. The van der Waals surface area contributed by atoms with Crippen LogP contribution in [0.15, 0.2) is 72.8 Å². The van der Waals surface area contributed by atoms with E-state index in [4.69, 9.17) is 4.74 Å². The van der Waals surface area contributed by atoms with E-state index in [-0.39, 0.29) is 36.7 Å². The molecule has 0 aromatic heterocycles. The molecule has 0 unspecified atom stereocenters. The number of rotatable bonds is 9. The number of carboxylic acids is 1. The van der Waals surface area contributed by atoms with Crippen molar-refractivity contribution in [3.63, 3.8) is 0 Å². The van der Waals surface area contributed by atoms with Crippen molar-refractivity contribution >= 4 is 11.9 Å². The number of ether oxygens (including phenoxy) is 1. The second kappa shape index (κ2) is 10.3. The Morgan fingerprint density at radius 1 is 0.935 bits per heavy atom. The van der Waals surface area contributed by atoms with Crippen LogP contribution in [0, 0.1) is 0 Å². The van der Waals surface area contributed by atoms with Crippen molar-refractivity contribution < 1.29 is 24.5 Å². The molecule has 7 nitrogen and oxygen atoms in total. The molecule has 0 aliphatic carbocycles. The van der Waals surface area contributed by atoms with E-state index in [1.54, 1.807) is 19.2 Å². The second-order valence-electron chi connectivity index (χ2n) is 6.94. The van der Waals surface area contributed by atoms with Gasteiger partial charge in [0.1, 0.15) is 17.1 Å². The maximum absolute atomic E-state index is 13.0. The first-order chi connectivity index (χ1) is 15.0. The van der Waals surface area contributed by atoms with Crippen molar-refractivity contribution in [1.82, 2.24) is 10.4 Å².